The molecule has 3 nitrogen and oxygen atoms in total. The lowest BCUT2D eigenvalue weighted by Crippen LogP contribution is -2.43. The molecule has 1 saturated carbocycles. The number of hydrogen-bond donors (Lipinski definition) is 0. The Hall–Kier alpha value is 0.367. The summed E-state index contributed by atoms with van der Waals surface area (Å²) in [6.07, 6.45) is 6.07. The highest BCUT2D eigenvalue weighted by Crippen LogP contribution is 2.58. The Bertz CT molecular complexity index is 390. The van der Waals surface area contributed by atoms with Gasteiger partial charge in [-0.3, -0.25) is 4.57 Å². The molecule has 5 heteroatoms. The average Bonchev–Trinajstić information content (AvgIpc) is 2.84. The summed E-state index contributed by atoms with van der Waals surface area (Å²) in [7, 11) is -4.22. The van der Waals surface area contributed by atoms with Crippen molar-refractivity contribution in [2.24, 2.45) is 0 Å². The van der Waals surface area contributed by atoms with Crippen LogP contribution in [0.2, 0.25) is 18.1 Å². The van der Waals surface area contributed by atoms with Crippen LogP contribution >= 0.6 is 7.37 Å². The molecule has 0 radical (unpaired) electrons. The van der Waals surface area contributed by atoms with E-state index in [-0.39, 0.29) is 16.8 Å². The van der Waals surface area contributed by atoms with Gasteiger partial charge < -0.3 is 8.95 Å². The Kier molecular flexibility index (Phi) is 7.39. The van der Waals surface area contributed by atoms with Crippen molar-refractivity contribution in [3.05, 3.63) is 0 Å². The second kappa shape index (κ2) is 7.96. The van der Waals surface area contributed by atoms with Crippen molar-refractivity contribution < 1.29 is 13.5 Å². The van der Waals surface area contributed by atoms with E-state index in [1.54, 1.807) is 0 Å². The first-order valence-electron chi connectivity index (χ1n) is 8.97. The van der Waals surface area contributed by atoms with Crippen molar-refractivity contribution in [1.82, 2.24) is 0 Å². The lowest BCUT2D eigenvalue weighted by Gasteiger charge is -2.38. The normalized spacial score (nSPS) is 26.1. The van der Waals surface area contributed by atoms with Crippen LogP contribution in [0.1, 0.15) is 66.7 Å². The van der Waals surface area contributed by atoms with E-state index in [2.05, 4.69) is 40.8 Å². The second-order valence-electron chi connectivity index (χ2n) is 8.19. The minimum Gasteiger partial charge on any atom is -0.414 e. The van der Waals surface area contributed by atoms with E-state index >= 15 is 0 Å². The molecule has 132 valence electrons. The topological polar surface area (TPSA) is 35.5 Å². The summed E-state index contributed by atoms with van der Waals surface area (Å²) in [5, 5.41) is 0.233. The van der Waals surface area contributed by atoms with Gasteiger partial charge in [-0.05, 0) is 50.7 Å². The maximum absolute atomic E-state index is 13.2. The van der Waals surface area contributed by atoms with Gasteiger partial charge in [0.25, 0.3) is 0 Å². The molecule has 1 aliphatic rings. The zero-order valence-corrected chi connectivity index (χ0v) is 17.7. The number of hydrogen-bond acceptors (Lipinski definition) is 3. The highest BCUT2D eigenvalue weighted by atomic mass is 31.2. The predicted octanol–water partition coefficient (Wildman–Crippen LogP) is 6.04. The van der Waals surface area contributed by atoms with Crippen LogP contribution in [0, 0.1) is 0 Å². The minimum atomic E-state index is -2.49. The summed E-state index contributed by atoms with van der Waals surface area (Å²) in [6.45, 7) is 16.1. The Labute approximate surface area is 139 Å². The molecule has 0 aromatic carbocycles. The lowest BCUT2D eigenvalue weighted by atomic mass is 10.2. The zero-order valence-electron chi connectivity index (χ0n) is 15.8. The Morgan fingerprint density at radius 2 is 1.82 bits per heavy atom. The molecule has 1 rings (SSSR count). The molecule has 0 amide bonds. The molecule has 0 bridgehead atoms. The molecule has 0 aliphatic heterocycles. The molecule has 0 aromatic heterocycles. The Balaban J connectivity index is 2.69. The molecular formula is C17H37O3PSi. The van der Waals surface area contributed by atoms with E-state index in [0.717, 1.165) is 38.3 Å². The van der Waals surface area contributed by atoms with E-state index in [1.807, 2.05) is 6.92 Å². The highest BCUT2D eigenvalue weighted by Gasteiger charge is 2.44. The summed E-state index contributed by atoms with van der Waals surface area (Å²) in [5.74, 6) is 0. The monoisotopic (exact) mass is 348 g/mol. The van der Waals surface area contributed by atoms with Gasteiger partial charge in [0.2, 0.25) is 7.37 Å². The minimum absolute atomic E-state index is 0.216. The van der Waals surface area contributed by atoms with Gasteiger partial charge in [-0.1, -0.05) is 34.1 Å². The van der Waals surface area contributed by atoms with Gasteiger partial charge in [0.05, 0.1) is 6.61 Å². The largest absolute Gasteiger partial charge is 0.414 e. The first-order valence-corrected chi connectivity index (χ1v) is 13.8. The lowest BCUT2D eigenvalue weighted by molar-refractivity contribution is 0.187. The zero-order chi connectivity index (χ0) is 17.0. The average molecular weight is 349 g/mol. The Morgan fingerprint density at radius 3 is 2.32 bits per heavy atom. The maximum atomic E-state index is 13.2. The van der Waals surface area contributed by atoms with Crippen molar-refractivity contribution >= 4 is 15.7 Å². The SMILES string of the molecule is CCCCP(=O)(OCC)[C@H]1CC[C@@H](O[Si](C)(C)C(C)(C)C)C1. The van der Waals surface area contributed by atoms with Crippen molar-refractivity contribution in [2.75, 3.05) is 12.8 Å². The van der Waals surface area contributed by atoms with Crippen molar-refractivity contribution in [3.63, 3.8) is 0 Å². The molecule has 0 N–H and O–H groups in total. The van der Waals surface area contributed by atoms with E-state index in [4.69, 9.17) is 8.95 Å². The number of rotatable bonds is 8. The van der Waals surface area contributed by atoms with Crippen LogP contribution in [0.4, 0.5) is 0 Å². The quantitative estimate of drug-likeness (QED) is 0.396. The van der Waals surface area contributed by atoms with Gasteiger partial charge in [-0.15, -0.1) is 0 Å². The van der Waals surface area contributed by atoms with Crippen LogP contribution < -0.4 is 0 Å². The molecule has 0 heterocycles. The highest BCUT2D eigenvalue weighted by molar-refractivity contribution is 7.59. The van der Waals surface area contributed by atoms with Gasteiger partial charge in [0.15, 0.2) is 8.32 Å². The second-order valence-corrected chi connectivity index (χ2v) is 15.8. The van der Waals surface area contributed by atoms with Crippen LogP contribution in [-0.2, 0) is 13.5 Å². The smallest absolute Gasteiger partial charge is 0.206 e. The van der Waals surface area contributed by atoms with E-state index in [1.165, 1.54) is 0 Å². The molecule has 1 unspecified atom stereocenters. The molecule has 1 fully saturated rings. The van der Waals surface area contributed by atoms with Crippen LogP contribution in [0.3, 0.4) is 0 Å². The molecule has 1 aliphatic carbocycles. The summed E-state index contributed by atoms with van der Waals surface area (Å²) in [4.78, 5) is 0. The van der Waals surface area contributed by atoms with Gasteiger partial charge in [-0.2, -0.15) is 0 Å². The van der Waals surface area contributed by atoms with Crippen molar-refractivity contribution in [1.29, 1.82) is 0 Å². The third kappa shape index (κ3) is 5.19. The summed E-state index contributed by atoms with van der Waals surface area (Å²) >= 11 is 0. The fourth-order valence-corrected chi connectivity index (χ4v) is 7.32. The third-order valence-electron chi connectivity index (χ3n) is 5.35. The van der Waals surface area contributed by atoms with Gasteiger partial charge in [0.1, 0.15) is 0 Å². The summed E-state index contributed by atoms with van der Waals surface area (Å²) < 4.78 is 25.5. The van der Waals surface area contributed by atoms with Crippen LogP contribution in [-0.4, -0.2) is 32.8 Å². The van der Waals surface area contributed by atoms with E-state index < -0.39 is 15.7 Å². The Morgan fingerprint density at radius 1 is 1.18 bits per heavy atom. The summed E-state index contributed by atoms with van der Waals surface area (Å²) in [6, 6.07) is 0. The predicted molar refractivity (Wildman–Crippen MR) is 98.7 cm³/mol. The van der Waals surface area contributed by atoms with Crippen LogP contribution in [0.15, 0.2) is 0 Å². The molecule has 0 spiro atoms. The standard InChI is InChI=1S/C17H37O3PSi/c1-8-10-13-21(18,19-9-2)16-12-11-15(14-16)20-22(6,7)17(3,4)5/h15-16H,8-14H2,1-7H3/t15-,16+,21?/m1/s1. The molecule has 0 saturated heterocycles. The summed E-state index contributed by atoms with van der Waals surface area (Å²) in [5.41, 5.74) is 0.216. The molecule has 0 aromatic rings. The first kappa shape index (κ1) is 20.4. The first-order chi connectivity index (χ1) is 10.1. The maximum Gasteiger partial charge on any atom is 0.206 e. The van der Waals surface area contributed by atoms with E-state index in [9.17, 15) is 4.57 Å². The van der Waals surface area contributed by atoms with Gasteiger partial charge in [0, 0.05) is 17.9 Å². The van der Waals surface area contributed by atoms with Crippen molar-refractivity contribution in [2.45, 2.75) is 96.6 Å². The van der Waals surface area contributed by atoms with Crippen LogP contribution in [0.5, 0.6) is 0 Å². The van der Waals surface area contributed by atoms with Crippen LogP contribution in [0.25, 0.3) is 0 Å². The number of unbranched alkanes of at least 4 members (excludes halogenated alkanes) is 1. The van der Waals surface area contributed by atoms with Gasteiger partial charge in [-0.25, -0.2) is 0 Å². The van der Waals surface area contributed by atoms with Crippen molar-refractivity contribution in [3.8, 4) is 0 Å². The third-order valence-corrected chi connectivity index (χ3v) is 13.1. The molecule has 22 heavy (non-hydrogen) atoms. The van der Waals surface area contributed by atoms with Gasteiger partial charge >= 0.3 is 0 Å². The van der Waals surface area contributed by atoms with E-state index in [0.29, 0.717) is 6.61 Å². The fraction of sp³-hybridized carbons (Fsp3) is 1.00. The molecule has 3 atom stereocenters. The molecular weight excluding hydrogens is 311 g/mol. The fourth-order valence-electron chi connectivity index (χ4n) is 2.92.